The first-order valence-electron chi connectivity index (χ1n) is 35.9. The third-order valence-electron chi connectivity index (χ3n) is 15.2. The van der Waals surface area contributed by atoms with Crippen LogP contribution in [0.4, 0.5) is 0 Å². The molecule has 88 heavy (non-hydrogen) atoms. The van der Waals surface area contributed by atoms with Gasteiger partial charge in [0.15, 0.2) is 6.10 Å². The highest BCUT2D eigenvalue weighted by Gasteiger charge is 2.27. The van der Waals surface area contributed by atoms with Gasteiger partial charge in [0.25, 0.3) is 0 Å². The third kappa shape index (κ3) is 71.2. The molecule has 2 atom stereocenters. The minimum absolute atomic E-state index is 0.0198. The number of likely N-dealkylation sites (N-methyl/N-ethyl adjacent to an activating group) is 1. The lowest BCUT2D eigenvalue weighted by Gasteiger charge is -2.24. The predicted molar refractivity (Wildman–Crippen MR) is 381 cm³/mol. The average Bonchev–Trinajstić information content (AvgIpc) is 3.57. The van der Waals surface area contributed by atoms with Crippen LogP contribution in [-0.4, -0.2) is 74.9 Å². The smallest absolute Gasteiger partial charge is 0.462 e. The van der Waals surface area contributed by atoms with Crippen LogP contribution in [0, 0.1) is 0 Å². The molecule has 0 aromatic heterocycles. The lowest BCUT2D eigenvalue weighted by molar-refractivity contribution is -0.870. The van der Waals surface area contributed by atoms with E-state index in [-0.39, 0.29) is 32.0 Å². The second-order valence-electron chi connectivity index (χ2n) is 24.9. The largest absolute Gasteiger partial charge is 0.472 e. The quantitative estimate of drug-likeness (QED) is 0.0211. The van der Waals surface area contributed by atoms with E-state index < -0.39 is 26.5 Å². The normalized spacial score (nSPS) is 13.9. The van der Waals surface area contributed by atoms with Gasteiger partial charge in [0.2, 0.25) is 0 Å². The summed E-state index contributed by atoms with van der Waals surface area (Å²) >= 11 is 0. The summed E-state index contributed by atoms with van der Waals surface area (Å²) in [6.07, 6.45) is 98.7. The number of hydrogen-bond acceptors (Lipinski definition) is 7. The van der Waals surface area contributed by atoms with E-state index >= 15 is 0 Å². The molecule has 0 saturated carbocycles. The molecule has 0 saturated heterocycles. The van der Waals surface area contributed by atoms with Gasteiger partial charge in [-0.3, -0.25) is 18.6 Å². The molecule has 0 rings (SSSR count). The number of carbonyl (C=O) groups excluding carboxylic acids is 2. The number of esters is 2. The molecule has 0 spiro atoms. The number of rotatable bonds is 65. The van der Waals surface area contributed by atoms with E-state index in [1.54, 1.807) is 0 Å². The maximum Gasteiger partial charge on any atom is 0.472 e. The first kappa shape index (κ1) is 84.2. The first-order valence-corrected chi connectivity index (χ1v) is 37.4. The molecule has 10 heteroatoms. The van der Waals surface area contributed by atoms with Crippen LogP contribution >= 0.6 is 7.82 Å². The summed E-state index contributed by atoms with van der Waals surface area (Å²) in [5.74, 6) is -0.833. The molecule has 0 aromatic carbocycles. The summed E-state index contributed by atoms with van der Waals surface area (Å²) in [6.45, 7) is 4.18. The molecular weight excluding hydrogens is 1110 g/mol. The summed E-state index contributed by atoms with van der Waals surface area (Å²) in [5, 5.41) is 0. The fraction of sp³-hybridized carbons (Fsp3) is 0.692. The van der Waals surface area contributed by atoms with Gasteiger partial charge in [0.05, 0.1) is 27.7 Å². The van der Waals surface area contributed by atoms with Crippen molar-refractivity contribution in [3.05, 3.63) is 134 Å². The van der Waals surface area contributed by atoms with Crippen LogP contribution < -0.4 is 0 Å². The number of unbranched alkanes of at least 4 members (excludes halogenated alkanes) is 29. The Bertz CT molecular complexity index is 1950. The van der Waals surface area contributed by atoms with E-state index in [1.807, 2.05) is 21.1 Å². The predicted octanol–water partition coefficient (Wildman–Crippen LogP) is 23.6. The van der Waals surface area contributed by atoms with Gasteiger partial charge in [-0.1, -0.05) is 308 Å². The Labute approximate surface area is 542 Å². The van der Waals surface area contributed by atoms with Crippen molar-refractivity contribution in [2.45, 2.75) is 302 Å². The van der Waals surface area contributed by atoms with Gasteiger partial charge in [0.1, 0.15) is 19.8 Å². The van der Waals surface area contributed by atoms with Crippen LogP contribution in [0.1, 0.15) is 296 Å². The minimum atomic E-state index is -4.41. The highest BCUT2D eigenvalue weighted by molar-refractivity contribution is 7.47. The summed E-state index contributed by atoms with van der Waals surface area (Å²) < 4.78 is 34.7. The number of quaternary nitrogens is 1. The molecule has 0 amide bonds. The zero-order chi connectivity index (χ0) is 64.1. The van der Waals surface area contributed by atoms with Gasteiger partial charge in [0, 0.05) is 12.8 Å². The Morgan fingerprint density at radius 1 is 0.352 bits per heavy atom. The monoisotopic (exact) mass is 1240 g/mol. The maximum absolute atomic E-state index is 12.9. The second kappa shape index (κ2) is 67.5. The van der Waals surface area contributed by atoms with Crippen molar-refractivity contribution in [1.29, 1.82) is 0 Å². The van der Waals surface area contributed by atoms with Gasteiger partial charge in [-0.2, -0.15) is 0 Å². The van der Waals surface area contributed by atoms with Crippen molar-refractivity contribution < 1.29 is 42.1 Å². The fourth-order valence-electron chi connectivity index (χ4n) is 9.75. The number of phosphoric ester groups is 1. The van der Waals surface area contributed by atoms with Crippen LogP contribution in [0.25, 0.3) is 0 Å². The molecule has 0 radical (unpaired) electrons. The summed E-state index contributed by atoms with van der Waals surface area (Å²) in [7, 11) is 1.45. The summed E-state index contributed by atoms with van der Waals surface area (Å²) in [5.41, 5.74) is 0. The molecule has 9 nitrogen and oxygen atoms in total. The Kier molecular flexibility index (Phi) is 64.6. The van der Waals surface area contributed by atoms with Crippen LogP contribution in [0.15, 0.2) is 134 Å². The molecule has 0 aliphatic rings. The highest BCUT2D eigenvalue weighted by atomic mass is 31.2. The van der Waals surface area contributed by atoms with E-state index in [0.29, 0.717) is 17.4 Å². The molecule has 0 aliphatic carbocycles. The summed E-state index contributed by atoms with van der Waals surface area (Å²) in [6, 6.07) is 0. The second-order valence-corrected chi connectivity index (χ2v) is 26.3. The van der Waals surface area contributed by atoms with Gasteiger partial charge in [-0.25, -0.2) is 4.57 Å². The van der Waals surface area contributed by atoms with Crippen molar-refractivity contribution in [2.24, 2.45) is 0 Å². The molecule has 0 heterocycles. The highest BCUT2D eigenvalue weighted by Crippen LogP contribution is 2.43. The van der Waals surface area contributed by atoms with Crippen molar-refractivity contribution in [1.82, 2.24) is 0 Å². The molecular formula is C78H135NO8P+. The SMILES string of the molecule is CC/C=C\C/C=C\C/C=C\C/C=C\C/C=C\C/C=C\C/C=C\CCCCCC(=O)OC(COC(=O)CCCCCCCCCCCCCCCCCCCCCCCCCCCC/C=C\C/C=C\C/C=C\C/C=C\CC)COP(=O)(O)OCC[N+](C)(C)C. The summed E-state index contributed by atoms with van der Waals surface area (Å²) in [4.78, 5) is 35.9. The van der Waals surface area contributed by atoms with Crippen molar-refractivity contribution in [3.8, 4) is 0 Å². The third-order valence-corrected chi connectivity index (χ3v) is 16.2. The van der Waals surface area contributed by atoms with Gasteiger partial charge < -0.3 is 18.9 Å². The van der Waals surface area contributed by atoms with Crippen LogP contribution in [0.5, 0.6) is 0 Å². The van der Waals surface area contributed by atoms with E-state index in [1.165, 1.54) is 154 Å². The van der Waals surface area contributed by atoms with Crippen molar-refractivity contribution in [2.75, 3.05) is 47.5 Å². The van der Waals surface area contributed by atoms with Gasteiger partial charge in [-0.05, 0) is 109 Å². The average molecular weight is 1250 g/mol. The number of phosphoric acid groups is 1. The van der Waals surface area contributed by atoms with Crippen LogP contribution in [-0.2, 0) is 32.7 Å². The van der Waals surface area contributed by atoms with Crippen LogP contribution in [0.3, 0.4) is 0 Å². The maximum atomic E-state index is 12.9. The van der Waals surface area contributed by atoms with Crippen molar-refractivity contribution in [3.63, 3.8) is 0 Å². The Hall–Kier alpha value is -3.85. The van der Waals surface area contributed by atoms with Crippen LogP contribution in [0.2, 0.25) is 0 Å². The fourth-order valence-corrected chi connectivity index (χ4v) is 10.5. The lowest BCUT2D eigenvalue weighted by atomic mass is 10.0. The van der Waals surface area contributed by atoms with E-state index in [0.717, 1.165) is 109 Å². The number of ether oxygens (including phenoxy) is 2. The molecule has 0 bridgehead atoms. The Morgan fingerprint density at radius 2 is 0.614 bits per heavy atom. The molecule has 2 unspecified atom stereocenters. The zero-order valence-corrected chi connectivity index (χ0v) is 58.3. The lowest BCUT2D eigenvalue weighted by Crippen LogP contribution is -2.37. The topological polar surface area (TPSA) is 108 Å². The number of carbonyl (C=O) groups is 2. The molecule has 0 aliphatic heterocycles. The number of allylic oxidation sites excluding steroid dienone is 22. The number of nitrogens with zero attached hydrogens (tertiary/aromatic N) is 1. The number of hydrogen-bond donors (Lipinski definition) is 1. The molecule has 0 aromatic rings. The van der Waals surface area contributed by atoms with Gasteiger partial charge >= 0.3 is 19.8 Å². The Morgan fingerprint density at radius 3 is 0.920 bits per heavy atom. The van der Waals surface area contributed by atoms with Crippen molar-refractivity contribution >= 4 is 19.8 Å². The van der Waals surface area contributed by atoms with E-state index in [4.69, 9.17) is 18.5 Å². The molecule has 0 fully saturated rings. The standard InChI is InChI=1S/C78H134NO8P/c1-6-8-10-12-14-16-18-20-22-24-26-28-30-32-33-34-35-36-37-38-39-40-41-42-43-44-45-47-48-50-52-54-56-58-60-62-64-66-68-70-77(80)84-74-76(75-86-88(82,83)85-73-72-79(3,4)5)87-78(81)71-69-67-65-63-61-59-57-55-53-51-49-46-31-29-27-25-23-21-19-17-15-13-11-9-7-2/h8-11,14-17,20-23,26-29,46,49,53,55,59,61,76H,6-7,12-13,18-19,24-25,30-45,47-48,50-52,54,56-58,60,62-75H2,1-5H3/p+1/b10-8-,11-9-,16-14-,17-15-,22-20-,23-21-,28-26-,29-27-,49-46-,55-53-,61-59-. The van der Waals surface area contributed by atoms with E-state index in [9.17, 15) is 19.0 Å². The minimum Gasteiger partial charge on any atom is -0.462 e. The molecule has 504 valence electrons. The zero-order valence-electron chi connectivity index (χ0n) is 57.4. The first-order chi connectivity index (χ1) is 43.0. The molecule has 1 N–H and O–H groups in total. The van der Waals surface area contributed by atoms with Gasteiger partial charge in [-0.15, -0.1) is 0 Å². The van der Waals surface area contributed by atoms with E-state index in [2.05, 4.69) is 148 Å². The Balaban J connectivity index is 4.01.